The van der Waals surface area contributed by atoms with Crippen molar-refractivity contribution in [2.75, 3.05) is 19.0 Å². The zero-order valence-electron chi connectivity index (χ0n) is 15.1. The number of anilines is 1. The first-order chi connectivity index (χ1) is 13.4. The molecule has 1 heterocycles. The molecule has 0 fully saturated rings. The minimum Gasteiger partial charge on any atom is -0.497 e. The zero-order chi connectivity index (χ0) is 20.3. The van der Waals surface area contributed by atoms with E-state index in [0.29, 0.717) is 16.8 Å². The Kier molecular flexibility index (Phi) is 5.25. The van der Waals surface area contributed by atoms with Crippen LogP contribution in [0, 0.1) is 17.0 Å². The molecule has 3 rings (SSSR count). The van der Waals surface area contributed by atoms with Crippen LogP contribution in [0.15, 0.2) is 42.5 Å². The smallest absolute Gasteiger partial charge is 0.355 e. The van der Waals surface area contributed by atoms with E-state index in [4.69, 9.17) is 9.47 Å². The molecule has 9 nitrogen and oxygen atoms in total. The summed E-state index contributed by atoms with van der Waals surface area (Å²) in [6.45, 7) is 0.998. The van der Waals surface area contributed by atoms with E-state index >= 15 is 0 Å². The molecule has 0 radical (unpaired) electrons. The number of nitro benzene ring substituents is 1. The standard InChI is InChI=1S/C19H17N3O6/c1-11-14(4-3-5-17(11)22(25)26)21-18(23)10-28-19(24)16-8-12-6-7-13(27-2)9-15(12)20-16/h3-9,20H,10H2,1-2H3,(H,21,23). The van der Waals surface area contributed by atoms with Gasteiger partial charge in [0.15, 0.2) is 6.61 Å². The lowest BCUT2D eigenvalue weighted by Gasteiger charge is -2.08. The number of carbonyl (C=O) groups excluding carboxylic acids is 2. The molecule has 2 aromatic carbocycles. The van der Waals surface area contributed by atoms with E-state index in [9.17, 15) is 19.7 Å². The van der Waals surface area contributed by atoms with Gasteiger partial charge in [-0.1, -0.05) is 6.07 Å². The second-order valence-corrected chi connectivity index (χ2v) is 5.97. The first-order valence-electron chi connectivity index (χ1n) is 8.27. The van der Waals surface area contributed by atoms with Gasteiger partial charge in [0.2, 0.25) is 0 Å². The monoisotopic (exact) mass is 383 g/mol. The van der Waals surface area contributed by atoms with Crippen molar-refractivity contribution in [3.05, 3.63) is 63.8 Å². The highest BCUT2D eigenvalue weighted by Gasteiger charge is 2.17. The van der Waals surface area contributed by atoms with Crippen molar-refractivity contribution in [3.63, 3.8) is 0 Å². The van der Waals surface area contributed by atoms with E-state index in [2.05, 4.69) is 10.3 Å². The van der Waals surface area contributed by atoms with Crippen LogP contribution in [0.5, 0.6) is 5.75 Å². The highest BCUT2D eigenvalue weighted by Crippen LogP contribution is 2.25. The van der Waals surface area contributed by atoms with Gasteiger partial charge < -0.3 is 19.8 Å². The number of esters is 1. The topological polar surface area (TPSA) is 124 Å². The first-order valence-corrected chi connectivity index (χ1v) is 8.27. The Balaban J connectivity index is 1.64. The number of nitro groups is 1. The summed E-state index contributed by atoms with van der Waals surface area (Å²) in [5.41, 5.74) is 1.39. The number of nitrogens with zero attached hydrogens (tertiary/aromatic N) is 1. The number of amides is 1. The van der Waals surface area contributed by atoms with Gasteiger partial charge in [-0.15, -0.1) is 0 Å². The zero-order valence-corrected chi connectivity index (χ0v) is 15.1. The molecule has 0 aliphatic heterocycles. The number of benzene rings is 2. The maximum atomic E-state index is 12.2. The summed E-state index contributed by atoms with van der Waals surface area (Å²) in [5, 5.41) is 14.3. The van der Waals surface area contributed by atoms with Crippen LogP contribution in [0.3, 0.4) is 0 Å². The fourth-order valence-electron chi connectivity index (χ4n) is 2.69. The molecule has 9 heteroatoms. The highest BCUT2D eigenvalue weighted by atomic mass is 16.6. The number of methoxy groups -OCH3 is 1. The number of aromatic nitrogens is 1. The maximum absolute atomic E-state index is 12.2. The number of hydrogen-bond acceptors (Lipinski definition) is 6. The Labute approximate surface area is 159 Å². The molecule has 3 aromatic rings. The average Bonchev–Trinajstić information content (AvgIpc) is 3.10. The summed E-state index contributed by atoms with van der Waals surface area (Å²) in [6.07, 6.45) is 0. The largest absolute Gasteiger partial charge is 0.497 e. The number of hydrogen-bond donors (Lipinski definition) is 2. The molecule has 0 aliphatic rings. The number of carbonyl (C=O) groups is 2. The van der Waals surface area contributed by atoms with Crippen LogP contribution in [0.2, 0.25) is 0 Å². The van der Waals surface area contributed by atoms with Crippen LogP contribution in [0.4, 0.5) is 11.4 Å². The van der Waals surface area contributed by atoms with Gasteiger partial charge in [-0.05, 0) is 31.2 Å². The van der Waals surface area contributed by atoms with E-state index in [1.54, 1.807) is 31.4 Å². The lowest BCUT2D eigenvalue weighted by molar-refractivity contribution is -0.385. The third-order valence-electron chi connectivity index (χ3n) is 4.16. The second kappa shape index (κ2) is 7.78. The minimum absolute atomic E-state index is 0.108. The third kappa shape index (κ3) is 3.93. The lowest BCUT2D eigenvalue weighted by Crippen LogP contribution is -2.21. The van der Waals surface area contributed by atoms with Gasteiger partial charge >= 0.3 is 5.97 Å². The maximum Gasteiger partial charge on any atom is 0.355 e. The molecule has 0 spiro atoms. The van der Waals surface area contributed by atoms with Gasteiger partial charge in [-0.2, -0.15) is 0 Å². The van der Waals surface area contributed by atoms with Crippen molar-refractivity contribution < 1.29 is 24.0 Å². The Hall–Kier alpha value is -3.88. The van der Waals surface area contributed by atoms with Gasteiger partial charge in [0.05, 0.1) is 23.3 Å². The third-order valence-corrected chi connectivity index (χ3v) is 4.16. The number of rotatable bonds is 6. The van der Waals surface area contributed by atoms with Gasteiger partial charge in [0, 0.05) is 23.0 Å². The van der Waals surface area contributed by atoms with Crippen LogP contribution < -0.4 is 10.1 Å². The molecule has 0 unspecified atom stereocenters. The number of ether oxygens (including phenoxy) is 2. The van der Waals surface area contributed by atoms with Gasteiger partial charge in [-0.25, -0.2) is 4.79 Å². The van der Waals surface area contributed by atoms with Crippen LogP contribution in [0.25, 0.3) is 10.9 Å². The van der Waals surface area contributed by atoms with E-state index in [-0.39, 0.29) is 17.1 Å². The normalized spacial score (nSPS) is 10.5. The molecular weight excluding hydrogens is 366 g/mol. The number of aromatic amines is 1. The van der Waals surface area contributed by atoms with Crippen molar-refractivity contribution >= 4 is 34.2 Å². The number of nitrogens with one attached hydrogen (secondary N) is 2. The van der Waals surface area contributed by atoms with Crippen LogP contribution in [-0.4, -0.2) is 35.5 Å². The molecule has 0 bridgehead atoms. The van der Waals surface area contributed by atoms with Crippen LogP contribution >= 0.6 is 0 Å². The predicted molar refractivity (Wildman–Crippen MR) is 102 cm³/mol. The van der Waals surface area contributed by atoms with Crippen LogP contribution in [-0.2, 0) is 9.53 Å². The predicted octanol–water partition coefficient (Wildman–Crippen LogP) is 3.19. The van der Waals surface area contributed by atoms with E-state index in [1.807, 2.05) is 0 Å². The summed E-state index contributed by atoms with van der Waals surface area (Å²) in [5.74, 6) is -0.656. The summed E-state index contributed by atoms with van der Waals surface area (Å²) in [6, 6.07) is 11.2. The summed E-state index contributed by atoms with van der Waals surface area (Å²) in [4.78, 5) is 37.6. The average molecular weight is 383 g/mol. The number of H-pyrrole nitrogens is 1. The Morgan fingerprint density at radius 3 is 2.71 bits per heavy atom. The van der Waals surface area contributed by atoms with Crippen molar-refractivity contribution in [2.24, 2.45) is 0 Å². The molecule has 0 saturated heterocycles. The Bertz CT molecular complexity index is 1070. The molecule has 28 heavy (non-hydrogen) atoms. The van der Waals surface area contributed by atoms with Crippen molar-refractivity contribution in [3.8, 4) is 5.75 Å². The summed E-state index contributed by atoms with van der Waals surface area (Å²) in [7, 11) is 1.54. The van der Waals surface area contributed by atoms with E-state index in [1.165, 1.54) is 25.1 Å². The fraction of sp³-hybridized carbons (Fsp3) is 0.158. The summed E-state index contributed by atoms with van der Waals surface area (Å²) >= 11 is 0. The molecule has 2 N–H and O–H groups in total. The van der Waals surface area contributed by atoms with Crippen molar-refractivity contribution in [2.45, 2.75) is 6.92 Å². The SMILES string of the molecule is COc1ccc2cc(C(=O)OCC(=O)Nc3cccc([N+](=O)[O-])c3C)[nH]c2c1. The van der Waals surface area contributed by atoms with Crippen molar-refractivity contribution in [1.82, 2.24) is 4.98 Å². The van der Waals surface area contributed by atoms with E-state index < -0.39 is 23.4 Å². The molecule has 1 amide bonds. The van der Waals surface area contributed by atoms with Crippen LogP contribution in [0.1, 0.15) is 16.1 Å². The number of fused-ring (bicyclic) bond motifs is 1. The van der Waals surface area contributed by atoms with Crippen molar-refractivity contribution in [1.29, 1.82) is 0 Å². The molecule has 0 saturated carbocycles. The Morgan fingerprint density at radius 2 is 2.00 bits per heavy atom. The van der Waals surface area contributed by atoms with Gasteiger partial charge in [-0.3, -0.25) is 14.9 Å². The summed E-state index contributed by atoms with van der Waals surface area (Å²) < 4.78 is 10.1. The van der Waals surface area contributed by atoms with E-state index in [0.717, 1.165) is 5.39 Å². The second-order valence-electron chi connectivity index (χ2n) is 5.97. The molecule has 0 aliphatic carbocycles. The lowest BCUT2D eigenvalue weighted by atomic mass is 10.1. The molecule has 1 aromatic heterocycles. The molecular formula is C19H17N3O6. The highest BCUT2D eigenvalue weighted by molar-refractivity contribution is 5.98. The quantitative estimate of drug-likeness (QED) is 0.383. The minimum atomic E-state index is -0.693. The van der Waals surface area contributed by atoms with Gasteiger partial charge in [0.25, 0.3) is 11.6 Å². The molecule has 144 valence electrons. The Morgan fingerprint density at radius 1 is 1.21 bits per heavy atom. The first kappa shape index (κ1) is 18.9. The fourth-order valence-corrected chi connectivity index (χ4v) is 2.69. The molecule has 0 atom stereocenters. The van der Waals surface area contributed by atoms with Gasteiger partial charge in [0.1, 0.15) is 11.4 Å².